The lowest BCUT2D eigenvalue weighted by molar-refractivity contribution is -0.406. The molecular formula is C38H65NO31. The fraction of sp³-hybridized carbons (Fsp3) is 1.00. The molecule has 0 aromatic rings. The molecule has 0 saturated carbocycles. The van der Waals surface area contributed by atoms with Gasteiger partial charge >= 0.3 is 0 Å². The van der Waals surface area contributed by atoms with Crippen LogP contribution in [0.4, 0.5) is 0 Å². The van der Waals surface area contributed by atoms with Gasteiger partial charge in [-0.25, -0.2) is 0 Å². The van der Waals surface area contributed by atoms with Crippen LogP contribution in [0.1, 0.15) is 6.92 Å². The lowest BCUT2D eigenvalue weighted by Gasteiger charge is -2.51. The quantitative estimate of drug-likeness (QED) is 0.0753. The van der Waals surface area contributed by atoms with E-state index in [9.17, 15) is 91.9 Å². The van der Waals surface area contributed by atoms with Crippen LogP contribution in [-0.4, -0.2) is 322 Å². The normalized spacial score (nSPS) is 53.4. The second kappa shape index (κ2) is 24.2. The van der Waals surface area contributed by atoms with Gasteiger partial charge in [0.05, 0.1) is 39.6 Å². The Morgan fingerprint density at radius 3 is 0.729 bits per heavy atom. The number of aliphatic hydroxyl groups is 18. The van der Waals surface area contributed by atoms with Crippen molar-refractivity contribution in [2.24, 2.45) is 0 Å². The molecule has 19 N–H and O–H groups in total. The number of hydroxylamine groups is 1. The fourth-order valence-corrected chi connectivity index (χ4v) is 9.22. The third kappa shape index (κ3) is 11.3. The number of nitrogens with one attached hydrogen (secondary N) is 1. The smallest absolute Gasteiger partial charge is 0.187 e. The molecule has 32 nitrogen and oxygen atoms in total. The first kappa shape index (κ1) is 56.4. The molecule has 0 amide bonds. The van der Waals surface area contributed by atoms with E-state index in [-0.39, 0.29) is 0 Å². The third-order valence-corrected chi connectivity index (χ3v) is 13.0. The van der Waals surface area contributed by atoms with E-state index in [1.165, 1.54) is 6.92 Å². The molecular weight excluding hydrogens is 966 g/mol. The van der Waals surface area contributed by atoms with Crippen molar-refractivity contribution in [3.8, 4) is 0 Å². The molecule has 70 heavy (non-hydrogen) atoms. The molecule has 1 unspecified atom stereocenters. The fourth-order valence-electron chi connectivity index (χ4n) is 9.22. The summed E-state index contributed by atoms with van der Waals surface area (Å²) < 4.78 is 68.8. The highest BCUT2D eigenvalue weighted by Crippen LogP contribution is 2.38. The molecule has 12 bridgehead atoms. The van der Waals surface area contributed by atoms with Gasteiger partial charge in [0, 0.05) is 0 Å². The van der Waals surface area contributed by atoms with E-state index < -0.39 is 230 Å². The summed E-state index contributed by atoms with van der Waals surface area (Å²) in [5, 5.41) is 197. The highest BCUT2D eigenvalue weighted by molar-refractivity contribution is 5.01. The van der Waals surface area contributed by atoms with Crippen molar-refractivity contribution < 1.29 is 154 Å². The second-order valence-electron chi connectivity index (χ2n) is 17.7. The molecule has 0 aliphatic carbocycles. The summed E-state index contributed by atoms with van der Waals surface area (Å²) in [6.45, 7) is -4.85. The minimum atomic E-state index is -2.17. The van der Waals surface area contributed by atoms with Gasteiger partial charge in [0.2, 0.25) is 0 Å². The predicted octanol–water partition coefficient (Wildman–Crippen LogP) is -13.2. The van der Waals surface area contributed by atoms with Gasteiger partial charge in [-0.2, -0.15) is 5.48 Å². The Bertz CT molecular complexity index is 1600. The van der Waals surface area contributed by atoms with Crippen molar-refractivity contribution in [3.05, 3.63) is 0 Å². The topological polar surface area (TPSA) is 496 Å². The summed E-state index contributed by atoms with van der Waals surface area (Å²) in [5.74, 6) is 0. The Labute approximate surface area is 395 Å². The number of rotatable bonds is 9. The second-order valence-corrected chi connectivity index (χ2v) is 17.7. The van der Waals surface area contributed by atoms with Crippen LogP contribution in [0.5, 0.6) is 0 Å². The van der Waals surface area contributed by atoms with Crippen molar-refractivity contribution in [1.82, 2.24) is 5.48 Å². The molecule has 22 aliphatic heterocycles. The van der Waals surface area contributed by atoms with Gasteiger partial charge < -0.3 is 149 Å². The molecule has 408 valence electrons. The molecule has 22 aliphatic rings. The number of aliphatic hydroxyl groups excluding tert-OH is 18. The standard InChI is InChI=1S/C38H65NO31/c1-8(46)39-70-32-25(57)38-63-14(7-45)31(32)69-37-24(56)19(51)29(12(5-43)62-37)67-35-22(54)17(49)27(10(3-41)60-35)65-33-20(52)15(47)26(9(2-40)58-33)64-34-21(53)16(48)28(11(4-42)59-34)66-36-23(55)18(50)30(68-38)13(6-44)61-36/h8-57H,2-7H2,1H3/t8?,9-,10-,11-,12-,13-,14-,15-,16-,17-,18-,19-,20-,21-,22-,23-,24-,25-,26-,27-,28-,29-,30-,31+,32-,33-,34-,35-,36-,37-,38-/m1/s1. The maximum Gasteiger partial charge on any atom is 0.187 e. The van der Waals surface area contributed by atoms with Crippen LogP contribution in [-0.2, 0) is 61.7 Å². The lowest BCUT2D eigenvalue weighted by Crippen LogP contribution is -2.69. The van der Waals surface area contributed by atoms with Crippen LogP contribution in [0.15, 0.2) is 0 Å². The molecule has 22 heterocycles. The summed E-state index contributed by atoms with van der Waals surface area (Å²) in [4.78, 5) is 5.51. The summed E-state index contributed by atoms with van der Waals surface area (Å²) >= 11 is 0. The van der Waals surface area contributed by atoms with E-state index in [2.05, 4.69) is 5.48 Å². The van der Waals surface area contributed by atoms with E-state index >= 15 is 0 Å². The van der Waals surface area contributed by atoms with Crippen LogP contribution >= 0.6 is 0 Å². The highest BCUT2D eigenvalue weighted by atomic mass is 16.8. The molecule has 0 aromatic carbocycles. The molecule has 0 spiro atoms. The van der Waals surface area contributed by atoms with Crippen molar-refractivity contribution in [2.45, 2.75) is 197 Å². The first-order valence-electron chi connectivity index (χ1n) is 22.4. The van der Waals surface area contributed by atoms with Gasteiger partial charge in [0.25, 0.3) is 0 Å². The van der Waals surface area contributed by atoms with Crippen LogP contribution in [0.25, 0.3) is 0 Å². The number of hydrogen-bond donors (Lipinski definition) is 19. The SMILES string of the molecule is CC(O)NO[C@@H]1[C@@H](O)[C@H]2O[C@H]3[C@H](O)[C@@H](O)[C@@H](O[C@H]4[C@H](O)[C@@H](O)[C@@H](O[C@H]5[C@H](O)[C@@H](O)[C@@H](O[C@H]6[C@H](O)[C@@H](O)[C@@H](O[C@H]7[C@H](O)[C@@H](O)[C@@H](O[C@H]1[C@@H](CO)O2)O[C@@H]7CO)O[C@@H]6CO)O[C@@H]5CO)O[C@@H]4CO)O[C@@H]3CO. The molecule has 22 saturated heterocycles. The minimum Gasteiger partial charge on any atom is -0.394 e. The van der Waals surface area contributed by atoms with Gasteiger partial charge in [-0.05, 0) is 6.92 Å². The predicted molar refractivity (Wildman–Crippen MR) is 209 cm³/mol. The van der Waals surface area contributed by atoms with Gasteiger partial charge in [0.1, 0.15) is 153 Å². The summed E-state index contributed by atoms with van der Waals surface area (Å²) in [5.41, 5.74) is 2.17. The maximum atomic E-state index is 11.6. The van der Waals surface area contributed by atoms with Gasteiger partial charge in [0.15, 0.2) is 37.7 Å². The van der Waals surface area contributed by atoms with Crippen LogP contribution in [0.2, 0.25) is 0 Å². The monoisotopic (exact) mass is 1030 g/mol. The van der Waals surface area contributed by atoms with Crippen molar-refractivity contribution in [1.29, 1.82) is 0 Å². The molecule has 32 heteroatoms. The summed E-state index contributed by atoms with van der Waals surface area (Å²) in [6, 6.07) is 0. The molecule has 22 rings (SSSR count). The zero-order chi connectivity index (χ0) is 51.0. The molecule has 0 aromatic heterocycles. The molecule has 31 atom stereocenters. The average molecular weight is 1030 g/mol. The summed E-state index contributed by atoms with van der Waals surface area (Å²) in [6.07, 6.45) is -59.9. The Kier molecular flexibility index (Phi) is 19.5. The Morgan fingerprint density at radius 1 is 0.314 bits per heavy atom. The summed E-state index contributed by atoms with van der Waals surface area (Å²) in [7, 11) is 0. The molecule has 22 fully saturated rings. The molecule has 0 radical (unpaired) electrons. The van der Waals surface area contributed by atoms with Crippen molar-refractivity contribution in [3.63, 3.8) is 0 Å². The first-order valence-corrected chi connectivity index (χ1v) is 22.4. The highest BCUT2D eigenvalue weighted by Gasteiger charge is 2.59. The van der Waals surface area contributed by atoms with Crippen LogP contribution in [0.3, 0.4) is 0 Å². The van der Waals surface area contributed by atoms with E-state index in [1.54, 1.807) is 0 Å². The van der Waals surface area contributed by atoms with Gasteiger partial charge in [-0.3, -0.25) is 4.84 Å². The van der Waals surface area contributed by atoms with Gasteiger partial charge in [-0.15, -0.1) is 0 Å². The Hall–Kier alpha value is -1.28. The van der Waals surface area contributed by atoms with Gasteiger partial charge in [-0.1, -0.05) is 0 Å². The third-order valence-electron chi connectivity index (χ3n) is 13.0. The first-order chi connectivity index (χ1) is 33.3. The van der Waals surface area contributed by atoms with E-state index in [0.29, 0.717) is 0 Å². The van der Waals surface area contributed by atoms with Crippen molar-refractivity contribution >= 4 is 0 Å². The maximum absolute atomic E-state index is 11.6. The van der Waals surface area contributed by atoms with Crippen LogP contribution in [0, 0.1) is 0 Å². The average Bonchev–Trinajstić information content (AvgIpc) is 3.34. The van der Waals surface area contributed by atoms with Crippen LogP contribution < -0.4 is 5.48 Å². The minimum absolute atomic E-state index is 1.00. The van der Waals surface area contributed by atoms with E-state index in [1.807, 2.05) is 0 Å². The van der Waals surface area contributed by atoms with Crippen molar-refractivity contribution in [2.75, 3.05) is 39.6 Å². The number of ether oxygens (including phenoxy) is 12. The largest absolute Gasteiger partial charge is 0.394 e. The Morgan fingerprint density at radius 2 is 0.514 bits per heavy atom. The van der Waals surface area contributed by atoms with E-state index in [4.69, 9.17) is 61.7 Å². The number of hydrogen-bond acceptors (Lipinski definition) is 32. The zero-order valence-corrected chi connectivity index (χ0v) is 37.0. The lowest BCUT2D eigenvalue weighted by atomic mass is 9.94. The Balaban J connectivity index is 1.22. The zero-order valence-electron chi connectivity index (χ0n) is 37.0. The van der Waals surface area contributed by atoms with E-state index in [0.717, 1.165) is 0 Å².